The predicted molar refractivity (Wildman–Crippen MR) is 57.2 cm³/mol. The molecule has 0 aliphatic heterocycles. The van der Waals surface area contributed by atoms with Crippen LogP contribution < -0.4 is 0 Å². The Morgan fingerprint density at radius 3 is 2.85 bits per heavy atom. The third kappa shape index (κ3) is 1.33. The minimum absolute atomic E-state index is 0.983. The van der Waals surface area contributed by atoms with Gasteiger partial charge >= 0.3 is 0 Å². The quantitative estimate of drug-likeness (QED) is 0.681. The molecule has 0 aliphatic carbocycles. The van der Waals surface area contributed by atoms with Gasteiger partial charge in [-0.05, 0) is 25.3 Å². The highest BCUT2D eigenvalue weighted by molar-refractivity contribution is 7.98. The summed E-state index contributed by atoms with van der Waals surface area (Å²) in [5, 5.41) is 1.10. The van der Waals surface area contributed by atoms with Gasteiger partial charge in [0.25, 0.3) is 0 Å². The van der Waals surface area contributed by atoms with Gasteiger partial charge in [-0.3, -0.25) is 0 Å². The van der Waals surface area contributed by atoms with Gasteiger partial charge in [-0.25, -0.2) is 4.98 Å². The third-order valence-electron chi connectivity index (χ3n) is 2.12. The number of imidazole rings is 1. The fourth-order valence-corrected chi connectivity index (χ4v) is 2.15. The van der Waals surface area contributed by atoms with Gasteiger partial charge < -0.3 is 4.57 Å². The Kier molecular flexibility index (Phi) is 2.27. The number of hydrogen-bond acceptors (Lipinski definition) is 2. The van der Waals surface area contributed by atoms with Crippen molar-refractivity contribution in [1.29, 1.82) is 0 Å². The Balaban J connectivity index is 2.73. The Hall–Kier alpha value is -0.960. The number of fused-ring (bicyclic) bond motifs is 1. The van der Waals surface area contributed by atoms with E-state index in [9.17, 15) is 0 Å². The summed E-state index contributed by atoms with van der Waals surface area (Å²) in [6.07, 6.45) is 2.06. The van der Waals surface area contributed by atoms with Crippen molar-refractivity contribution in [3.63, 3.8) is 0 Å². The maximum Gasteiger partial charge on any atom is 0.168 e. The average Bonchev–Trinajstić information content (AvgIpc) is 2.55. The zero-order valence-corrected chi connectivity index (χ0v) is 8.64. The summed E-state index contributed by atoms with van der Waals surface area (Å²) in [6, 6.07) is 8.26. The molecule has 0 amide bonds. The lowest BCUT2D eigenvalue weighted by molar-refractivity contribution is 0.703. The number of para-hydroxylation sites is 2. The number of aryl methyl sites for hydroxylation is 1. The molecular formula is C10H12N2S. The van der Waals surface area contributed by atoms with E-state index in [0.29, 0.717) is 0 Å². The first-order valence-electron chi connectivity index (χ1n) is 4.36. The topological polar surface area (TPSA) is 17.8 Å². The predicted octanol–water partition coefficient (Wildman–Crippen LogP) is 2.78. The number of thioether (sulfide) groups is 1. The maximum absolute atomic E-state index is 4.53. The first kappa shape index (κ1) is 8.63. The SMILES string of the molecule is CCn1c(SC)nc2ccccc21. The Morgan fingerprint density at radius 2 is 2.15 bits per heavy atom. The van der Waals surface area contributed by atoms with Crippen LogP contribution in [-0.2, 0) is 6.54 Å². The molecule has 13 heavy (non-hydrogen) atoms. The van der Waals surface area contributed by atoms with Crippen LogP contribution >= 0.6 is 11.8 Å². The summed E-state index contributed by atoms with van der Waals surface area (Å²) in [4.78, 5) is 4.53. The van der Waals surface area contributed by atoms with Crippen LogP contribution in [-0.4, -0.2) is 15.8 Å². The fourth-order valence-electron chi connectivity index (χ4n) is 1.51. The van der Waals surface area contributed by atoms with Crippen molar-refractivity contribution in [2.75, 3.05) is 6.26 Å². The largest absolute Gasteiger partial charge is 0.319 e. The maximum atomic E-state index is 4.53. The summed E-state index contributed by atoms with van der Waals surface area (Å²) in [7, 11) is 0. The van der Waals surface area contributed by atoms with Gasteiger partial charge in [0.1, 0.15) is 0 Å². The van der Waals surface area contributed by atoms with Gasteiger partial charge in [-0.1, -0.05) is 23.9 Å². The molecule has 0 saturated heterocycles. The van der Waals surface area contributed by atoms with Crippen molar-refractivity contribution in [2.45, 2.75) is 18.6 Å². The van der Waals surface area contributed by atoms with E-state index in [1.807, 2.05) is 6.07 Å². The van der Waals surface area contributed by atoms with Crippen LogP contribution in [0.5, 0.6) is 0 Å². The van der Waals surface area contributed by atoms with Gasteiger partial charge in [-0.2, -0.15) is 0 Å². The molecule has 0 spiro atoms. The highest BCUT2D eigenvalue weighted by Crippen LogP contribution is 2.21. The van der Waals surface area contributed by atoms with Crippen LogP contribution in [0.3, 0.4) is 0 Å². The molecule has 0 aliphatic rings. The second-order valence-corrected chi connectivity index (χ2v) is 3.60. The lowest BCUT2D eigenvalue weighted by Gasteiger charge is -2.01. The highest BCUT2D eigenvalue weighted by Gasteiger charge is 2.06. The molecule has 1 aromatic heterocycles. The van der Waals surface area contributed by atoms with Crippen molar-refractivity contribution < 1.29 is 0 Å². The van der Waals surface area contributed by atoms with Gasteiger partial charge in [0.05, 0.1) is 11.0 Å². The molecular weight excluding hydrogens is 180 g/mol. The first-order chi connectivity index (χ1) is 6.36. The molecule has 1 heterocycles. The van der Waals surface area contributed by atoms with Crippen molar-refractivity contribution in [2.24, 2.45) is 0 Å². The molecule has 0 N–H and O–H groups in total. The molecule has 0 radical (unpaired) electrons. The molecule has 0 fully saturated rings. The smallest absolute Gasteiger partial charge is 0.168 e. The van der Waals surface area contributed by atoms with Crippen LogP contribution in [0.4, 0.5) is 0 Å². The van der Waals surface area contributed by atoms with Crippen molar-refractivity contribution >= 4 is 22.8 Å². The fraction of sp³-hybridized carbons (Fsp3) is 0.300. The summed E-state index contributed by atoms with van der Waals surface area (Å²) >= 11 is 1.70. The Labute approximate surface area is 82.0 Å². The van der Waals surface area contributed by atoms with Gasteiger partial charge in [-0.15, -0.1) is 0 Å². The van der Waals surface area contributed by atoms with Crippen LogP contribution in [0.1, 0.15) is 6.92 Å². The van der Waals surface area contributed by atoms with Crippen LogP contribution in [0.25, 0.3) is 11.0 Å². The molecule has 68 valence electrons. The normalized spacial score (nSPS) is 10.9. The minimum atomic E-state index is 0.983. The number of rotatable bonds is 2. The van der Waals surface area contributed by atoms with Crippen molar-refractivity contribution in [3.05, 3.63) is 24.3 Å². The van der Waals surface area contributed by atoms with E-state index in [1.165, 1.54) is 5.52 Å². The van der Waals surface area contributed by atoms with E-state index in [1.54, 1.807) is 11.8 Å². The van der Waals surface area contributed by atoms with E-state index < -0.39 is 0 Å². The number of hydrogen-bond donors (Lipinski definition) is 0. The second kappa shape index (κ2) is 3.42. The minimum Gasteiger partial charge on any atom is -0.319 e. The second-order valence-electron chi connectivity index (χ2n) is 2.83. The lowest BCUT2D eigenvalue weighted by Crippen LogP contribution is -1.94. The van der Waals surface area contributed by atoms with Crippen LogP contribution in [0, 0.1) is 0 Å². The molecule has 2 nitrogen and oxygen atoms in total. The molecule has 3 heteroatoms. The van der Waals surface area contributed by atoms with Gasteiger partial charge in [0.2, 0.25) is 0 Å². The monoisotopic (exact) mass is 192 g/mol. The van der Waals surface area contributed by atoms with E-state index in [4.69, 9.17) is 0 Å². The molecule has 0 saturated carbocycles. The number of nitrogens with zero attached hydrogens (tertiary/aromatic N) is 2. The van der Waals surface area contributed by atoms with Crippen LogP contribution in [0.15, 0.2) is 29.4 Å². The summed E-state index contributed by atoms with van der Waals surface area (Å²) in [5.74, 6) is 0. The van der Waals surface area contributed by atoms with E-state index in [0.717, 1.165) is 17.2 Å². The number of aromatic nitrogens is 2. The first-order valence-corrected chi connectivity index (χ1v) is 5.58. The Morgan fingerprint density at radius 1 is 1.38 bits per heavy atom. The van der Waals surface area contributed by atoms with Crippen molar-refractivity contribution in [1.82, 2.24) is 9.55 Å². The van der Waals surface area contributed by atoms with E-state index >= 15 is 0 Å². The summed E-state index contributed by atoms with van der Waals surface area (Å²) in [6.45, 7) is 3.13. The summed E-state index contributed by atoms with van der Waals surface area (Å²) < 4.78 is 2.24. The highest BCUT2D eigenvalue weighted by atomic mass is 32.2. The number of benzene rings is 1. The Bertz CT molecular complexity index is 420. The van der Waals surface area contributed by atoms with Gasteiger partial charge in [0, 0.05) is 6.54 Å². The molecule has 2 rings (SSSR count). The molecule has 1 aromatic carbocycles. The van der Waals surface area contributed by atoms with Gasteiger partial charge in [0.15, 0.2) is 5.16 Å². The lowest BCUT2D eigenvalue weighted by atomic mass is 10.3. The molecule has 0 atom stereocenters. The molecule has 2 aromatic rings. The standard InChI is InChI=1S/C10H12N2S/c1-3-12-9-7-5-4-6-8(9)11-10(12)13-2/h4-7H,3H2,1-2H3. The third-order valence-corrected chi connectivity index (χ3v) is 2.80. The molecule has 0 bridgehead atoms. The van der Waals surface area contributed by atoms with Crippen LogP contribution in [0.2, 0.25) is 0 Å². The van der Waals surface area contributed by atoms with E-state index in [-0.39, 0.29) is 0 Å². The summed E-state index contributed by atoms with van der Waals surface area (Å²) in [5.41, 5.74) is 2.32. The van der Waals surface area contributed by atoms with E-state index in [2.05, 4.69) is 40.9 Å². The van der Waals surface area contributed by atoms with Crippen molar-refractivity contribution in [3.8, 4) is 0 Å². The molecule has 0 unspecified atom stereocenters. The zero-order valence-electron chi connectivity index (χ0n) is 7.82. The average molecular weight is 192 g/mol. The zero-order chi connectivity index (χ0) is 9.26.